The average molecular weight is 254 g/mol. The molecular weight excluding hydrogens is 244 g/mol. The molecule has 1 saturated heterocycles. The summed E-state index contributed by atoms with van der Waals surface area (Å²) in [5, 5.41) is 1.69. The molecule has 0 unspecified atom stereocenters. The highest BCUT2D eigenvalue weighted by atomic mass is 32.2. The second kappa shape index (κ2) is 4.82. The number of thiophene rings is 1. The predicted octanol–water partition coefficient (Wildman–Crippen LogP) is 1.74. The van der Waals surface area contributed by atoms with Crippen LogP contribution in [0, 0.1) is 0 Å². The number of amides is 2. The lowest BCUT2D eigenvalue weighted by atomic mass is 10.3. The fourth-order valence-electron chi connectivity index (χ4n) is 1.32. The Hall–Kier alpha value is -1.11. The minimum atomic E-state index is -0.242. The first-order valence-corrected chi connectivity index (χ1v) is 6.41. The second-order valence-corrected chi connectivity index (χ2v) is 5.11. The van der Waals surface area contributed by atoms with Gasteiger partial charge in [-0.05, 0) is 29.3 Å². The van der Waals surface area contributed by atoms with E-state index in [1.165, 1.54) is 16.2 Å². The third kappa shape index (κ3) is 2.18. The molecule has 0 atom stereocenters. The van der Waals surface area contributed by atoms with Gasteiger partial charge in [0.1, 0.15) is 0 Å². The third-order valence-corrected chi connectivity index (χ3v) is 3.77. The van der Waals surface area contributed by atoms with Gasteiger partial charge in [0.2, 0.25) is 0 Å². The van der Waals surface area contributed by atoms with Gasteiger partial charge >= 0.3 is 0 Å². The Kier molecular flexibility index (Phi) is 3.42. The summed E-state index contributed by atoms with van der Waals surface area (Å²) >= 11 is 2.50. The van der Waals surface area contributed by atoms with E-state index in [1.54, 1.807) is 6.08 Å². The van der Waals surface area contributed by atoms with E-state index in [1.807, 2.05) is 17.5 Å². The van der Waals surface area contributed by atoms with E-state index in [2.05, 4.69) is 0 Å². The number of carbonyl (C=O) groups excluding carboxylic acids is 2. The van der Waals surface area contributed by atoms with Gasteiger partial charge in [-0.3, -0.25) is 14.5 Å². The summed E-state index contributed by atoms with van der Waals surface area (Å²) < 4.78 is 0. The highest BCUT2D eigenvalue weighted by Crippen LogP contribution is 2.32. The largest absolute Gasteiger partial charge is 0.329 e. The van der Waals surface area contributed by atoms with Crippen LogP contribution in [-0.4, -0.2) is 29.1 Å². The fourth-order valence-corrected chi connectivity index (χ4v) is 2.91. The van der Waals surface area contributed by atoms with E-state index in [4.69, 9.17) is 5.73 Å². The minimum absolute atomic E-state index is 0.238. The molecule has 0 bridgehead atoms. The molecule has 1 aromatic heterocycles. The molecule has 1 fully saturated rings. The summed E-state index contributed by atoms with van der Waals surface area (Å²) in [6, 6.07) is 3.81. The lowest BCUT2D eigenvalue weighted by molar-refractivity contribution is -0.122. The van der Waals surface area contributed by atoms with Gasteiger partial charge in [0.15, 0.2) is 0 Å². The molecule has 1 aliphatic heterocycles. The number of hydrogen-bond donors (Lipinski definition) is 1. The zero-order chi connectivity index (χ0) is 11.5. The molecule has 6 heteroatoms. The third-order valence-electron chi connectivity index (χ3n) is 2.04. The highest BCUT2D eigenvalue weighted by molar-refractivity contribution is 8.18. The number of hydrogen-bond acceptors (Lipinski definition) is 5. The van der Waals surface area contributed by atoms with Gasteiger partial charge in [0.05, 0.1) is 4.91 Å². The van der Waals surface area contributed by atoms with Crippen molar-refractivity contribution < 1.29 is 9.59 Å². The summed E-state index contributed by atoms with van der Waals surface area (Å²) in [6.07, 6.45) is 1.74. The number of nitrogens with zero attached hydrogens (tertiary/aromatic N) is 1. The molecule has 4 nitrogen and oxygen atoms in total. The topological polar surface area (TPSA) is 63.4 Å². The smallest absolute Gasteiger partial charge is 0.293 e. The van der Waals surface area contributed by atoms with Gasteiger partial charge in [0, 0.05) is 18.0 Å². The van der Waals surface area contributed by atoms with Crippen LogP contribution in [0.2, 0.25) is 0 Å². The standard InChI is InChI=1S/C10H10N2O2S2/c11-3-4-12-9(13)8(16-10(12)14)6-7-2-1-5-15-7/h1-2,5-6H,3-4,11H2/b8-6-. The lowest BCUT2D eigenvalue weighted by Crippen LogP contribution is -2.33. The molecule has 1 aliphatic rings. The first-order chi connectivity index (χ1) is 7.72. The molecule has 2 heterocycles. The van der Waals surface area contributed by atoms with E-state index >= 15 is 0 Å². The van der Waals surface area contributed by atoms with Crippen LogP contribution >= 0.6 is 23.1 Å². The Morgan fingerprint density at radius 1 is 1.44 bits per heavy atom. The molecule has 2 rings (SSSR count). The highest BCUT2D eigenvalue weighted by Gasteiger charge is 2.34. The summed E-state index contributed by atoms with van der Waals surface area (Å²) in [6.45, 7) is 0.580. The first-order valence-electron chi connectivity index (χ1n) is 4.71. The SMILES string of the molecule is NCCN1C(=O)S/C(=C\c2cccs2)C1=O. The second-order valence-electron chi connectivity index (χ2n) is 3.14. The Morgan fingerprint density at radius 3 is 2.88 bits per heavy atom. The molecule has 0 aliphatic carbocycles. The minimum Gasteiger partial charge on any atom is -0.329 e. The maximum atomic E-state index is 11.8. The lowest BCUT2D eigenvalue weighted by Gasteiger charge is -2.09. The molecule has 2 amide bonds. The maximum Gasteiger partial charge on any atom is 0.293 e. The Balaban J connectivity index is 2.20. The van der Waals surface area contributed by atoms with Gasteiger partial charge < -0.3 is 5.73 Å². The van der Waals surface area contributed by atoms with E-state index in [0.717, 1.165) is 16.6 Å². The van der Waals surface area contributed by atoms with Crippen molar-refractivity contribution in [3.63, 3.8) is 0 Å². The van der Waals surface area contributed by atoms with Gasteiger partial charge in [-0.2, -0.15) is 0 Å². The van der Waals surface area contributed by atoms with Crippen molar-refractivity contribution >= 4 is 40.3 Å². The average Bonchev–Trinajstić information content (AvgIpc) is 2.84. The van der Waals surface area contributed by atoms with Gasteiger partial charge in [-0.1, -0.05) is 6.07 Å². The molecule has 0 aromatic carbocycles. The van der Waals surface area contributed by atoms with Crippen molar-refractivity contribution in [2.45, 2.75) is 0 Å². The maximum absolute atomic E-state index is 11.8. The van der Waals surface area contributed by atoms with Crippen LogP contribution in [-0.2, 0) is 4.79 Å². The van der Waals surface area contributed by atoms with Crippen LogP contribution in [0.5, 0.6) is 0 Å². The molecule has 0 radical (unpaired) electrons. The molecule has 0 saturated carbocycles. The summed E-state index contributed by atoms with van der Waals surface area (Å²) in [5.74, 6) is -0.242. The molecule has 16 heavy (non-hydrogen) atoms. The van der Waals surface area contributed by atoms with Crippen molar-refractivity contribution in [3.8, 4) is 0 Å². The van der Waals surface area contributed by atoms with Crippen molar-refractivity contribution in [2.75, 3.05) is 13.1 Å². The van der Waals surface area contributed by atoms with Gasteiger partial charge in [0.25, 0.3) is 11.1 Å². The number of imide groups is 1. The van der Waals surface area contributed by atoms with Crippen LogP contribution in [0.3, 0.4) is 0 Å². The zero-order valence-electron chi connectivity index (χ0n) is 8.38. The first kappa shape index (κ1) is 11.4. The molecule has 1 aromatic rings. The Labute approximate surface area is 101 Å². The van der Waals surface area contributed by atoms with Crippen LogP contribution in [0.1, 0.15) is 4.88 Å². The van der Waals surface area contributed by atoms with Crippen molar-refractivity contribution in [3.05, 3.63) is 27.3 Å². The van der Waals surface area contributed by atoms with Gasteiger partial charge in [-0.15, -0.1) is 11.3 Å². The number of thioether (sulfide) groups is 1. The van der Waals surface area contributed by atoms with Crippen molar-refractivity contribution in [1.29, 1.82) is 0 Å². The van der Waals surface area contributed by atoms with Crippen molar-refractivity contribution in [1.82, 2.24) is 4.90 Å². The monoisotopic (exact) mass is 254 g/mol. The molecule has 2 N–H and O–H groups in total. The van der Waals surface area contributed by atoms with Gasteiger partial charge in [-0.25, -0.2) is 0 Å². The van der Waals surface area contributed by atoms with Crippen LogP contribution in [0.25, 0.3) is 6.08 Å². The predicted molar refractivity (Wildman–Crippen MR) is 66.1 cm³/mol. The number of rotatable bonds is 3. The normalized spacial score (nSPS) is 18.8. The van der Waals surface area contributed by atoms with Crippen LogP contribution < -0.4 is 5.73 Å². The number of nitrogens with two attached hydrogens (primary N) is 1. The molecule has 0 spiro atoms. The van der Waals surface area contributed by atoms with E-state index < -0.39 is 0 Å². The summed E-state index contributed by atoms with van der Waals surface area (Å²) in [7, 11) is 0. The van der Waals surface area contributed by atoms with E-state index in [0.29, 0.717) is 11.4 Å². The van der Waals surface area contributed by atoms with Crippen LogP contribution in [0.15, 0.2) is 22.4 Å². The summed E-state index contributed by atoms with van der Waals surface area (Å²) in [4.78, 5) is 25.9. The number of carbonyl (C=O) groups is 2. The summed E-state index contributed by atoms with van der Waals surface area (Å²) in [5.41, 5.74) is 5.34. The quantitative estimate of drug-likeness (QED) is 0.835. The Bertz CT molecular complexity index is 440. The molecule has 84 valence electrons. The Morgan fingerprint density at radius 2 is 2.25 bits per heavy atom. The molecular formula is C10H10N2O2S2. The zero-order valence-corrected chi connectivity index (χ0v) is 10.0. The fraction of sp³-hybridized carbons (Fsp3) is 0.200. The van der Waals surface area contributed by atoms with E-state index in [9.17, 15) is 9.59 Å². The van der Waals surface area contributed by atoms with E-state index in [-0.39, 0.29) is 17.7 Å². The van der Waals surface area contributed by atoms with Crippen LogP contribution in [0.4, 0.5) is 4.79 Å². The van der Waals surface area contributed by atoms with Crippen molar-refractivity contribution in [2.24, 2.45) is 5.73 Å².